The van der Waals surface area contributed by atoms with Crippen LogP contribution in [0, 0.1) is 0 Å². The van der Waals surface area contributed by atoms with Gasteiger partial charge in [-0.2, -0.15) is 0 Å². The lowest BCUT2D eigenvalue weighted by Gasteiger charge is -2.18. The topological polar surface area (TPSA) is 118 Å². The van der Waals surface area contributed by atoms with Gasteiger partial charge in [-0.05, 0) is 35.6 Å². The summed E-state index contributed by atoms with van der Waals surface area (Å²) in [6, 6.07) is 1.36. The maximum Gasteiger partial charge on any atom is 0.338 e. The highest BCUT2D eigenvalue weighted by atomic mass is 16.4. The molecule has 0 spiro atoms. The first-order chi connectivity index (χ1) is 10.5. The molecule has 0 aliphatic heterocycles. The van der Waals surface area contributed by atoms with Crippen molar-refractivity contribution in [1.29, 1.82) is 0 Å². The van der Waals surface area contributed by atoms with Crippen LogP contribution < -0.4 is 5.73 Å². The molecule has 0 amide bonds. The van der Waals surface area contributed by atoms with E-state index in [0.29, 0.717) is 18.3 Å². The summed E-state index contributed by atoms with van der Waals surface area (Å²) in [5, 5.41) is 18.6. The first-order valence-corrected chi connectivity index (χ1v) is 6.69. The van der Waals surface area contributed by atoms with Crippen LogP contribution in [0.5, 0.6) is 0 Å². The van der Waals surface area contributed by atoms with Gasteiger partial charge in [-0.1, -0.05) is 18.2 Å². The number of rotatable bonds is 5. The van der Waals surface area contributed by atoms with Crippen LogP contribution in [0.1, 0.15) is 44.7 Å². The number of aromatic carboxylic acids is 2. The lowest BCUT2D eigenvalue weighted by atomic mass is 9.86. The molecule has 0 saturated carbocycles. The highest BCUT2D eigenvalue weighted by Gasteiger charge is 2.25. The van der Waals surface area contributed by atoms with Crippen LogP contribution in [0.2, 0.25) is 0 Å². The number of carboxylic acid groups (broad SMARTS) is 2. The first kappa shape index (κ1) is 15.5. The molecule has 6 heteroatoms. The minimum Gasteiger partial charge on any atom is -0.478 e. The van der Waals surface area contributed by atoms with Crippen molar-refractivity contribution in [3.63, 3.8) is 0 Å². The SMILES string of the molecule is Nc1c(C(=O)O)cc(C2=CC=CCC2)c(CC=O)c1C(=O)O. The van der Waals surface area contributed by atoms with Crippen LogP contribution in [0.4, 0.5) is 5.69 Å². The Morgan fingerprint density at radius 3 is 2.50 bits per heavy atom. The average molecular weight is 301 g/mol. The molecule has 0 bridgehead atoms. The zero-order valence-electron chi connectivity index (χ0n) is 11.7. The van der Waals surface area contributed by atoms with E-state index in [1.54, 1.807) is 6.08 Å². The molecule has 1 aromatic rings. The highest BCUT2D eigenvalue weighted by Crippen LogP contribution is 2.33. The van der Waals surface area contributed by atoms with Crippen LogP contribution in [0.25, 0.3) is 5.57 Å². The zero-order chi connectivity index (χ0) is 16.3. The molecule has 0 atom stereocenters. The third-order valence-corrected chi connectivity index (χ3v) is 3.57. The van der Waals surface area contributed by atoms with E-state index in [4.69, 9.17) is 5.73 Å². The fraction of sp³-hybridized carbons (Fsp3) is 0.188. The van der Waals surface area contributed by atoms with E-state index < -0.39 is 11.9 Å². The molecule has 1 aliphatic rings. The second kappa shape index (κ2) is 6.26. The van der Waals surface area contributed by atoms with E-state index in [1.807, 2.05) is 12.2 Å². The second-order valence-electron chi connectivity index (χ2n) is 4.88. The quantitative estimate of drug-likeness (QED) is 0.566. The van der Waals surface area contributed by atoms with Gasteiger partial charge in [-0.3, -0.25) is 0 Å². The number of nitrogen functional groups attached to an aromatic ring is 1. The number of hydrogen-bond donors (Lipinski definition) is 3. The largest absolute Gasteiger partial charge is 0.478 e. The Bertz CT molecular complexity index is 716. The van der Waals surface area contributed by atoms with Gasteiger partial charge in [0.15, 0.2) is 0 Å². The summed E-state index contributed by atoms with van der Waals surface area (Å²) in [5.74, 6) is -2.64. The monoisotopic (exact) mass is 301 g/mol. The summed E-state index contributed by atoms with van der Waals surface area (Å²) < 4.78 is 0. The predicted octanol–water partition coefficient (Wildman–Crippen LogP) is 2.14. The fourth-order valence-corrected chi connectivity index (χ4v) is 2.57. The van der Waals surface area contributed by atoms with E-state index in [9.17, 15) is 24.6 Å². The Morgan fingerprint density at radius 2 is 2.00 bits per heavy atom. The molecule has 6 nitrogen and oxygen atoms in total. The van der Waals surface area contributed by atoms with E-state index in [2.05, 4.69) is 0 Å². The number of anilines is 1. The first-order valence-electron chi connectivity index (χ1n) is 6.69. The van der Waals surface area contributed by atoms with Gasteiger partial charge in [-0.25, -0.2) is 9.59 Å². The number of carbonyl (C=O) groups is 3. The van der Waals surface area contributed by atoms with E-state index >= 15 is 0 Å². The Labute approximate surface area is 126 Å². The van der Waals surface area contributed by atoms with Gasteiger partial charge >= 0.3 is 11.9 Å². The maximum absolute atomic E-state index is 11.5. The minimum absolute atomic E-state index is 0.137. The average Bonchev–Trinajstić information content (AvgIpc) is 2.48. The van der Waals surface area contributed by atoms with Crippen LogP contribution in [-0.4, -0.2) is 28.4 Å². The lowest BCUT2D eigenvalue weighted by Crippen LogP contribution is -2.15. The molecule has 114 valence electrons. The molecule has 1 aliphatic carbocycles. The number of aldehydes is 1. The van der Waals surface area contributed by atoms with Gasteiger partial charge in [0.2, 0.25) is 0 Å². The Balaban J connectivity index is 2.82. The number of carbonyl (C=O) groups excluding carboxylic acids is 1. The molecular weight excluding hydrogens is 286 g/mol. The predicted molar refractivity (Wildman–Crippen MR) is 80.9 cm³/mol. The molecule has 0 fully saturated rings. The number of benzene rings is 1. The number of hydrogen-bond acceptors (Lipinski definition) is 4. The number of carboxylic acids is 2. The molecule has 0 unspecified atom stereocenters. The summed E-state index contributed by atoms with van der Waals surface area (Å²) >= 11 is 0. The van der Waals surface area contributed by atoms with Crippen molar-refractivity contribution in [2.75, 3.05) is 5.73 Å². The molecule has 0 heterocycles. The summed E-state index contributed by atoms with van der Waals surface area (Å²) in [7, 11) is 0. The molecule has 22 heavy (non-hydrogen) atoms. The lowest BCUT2D eigenvalue weighted by molar-refractivity contribution is -0.107. The Hall–Kier alpha value is -2.89. The van der Waals surface area contributed by atoms with Crippen molar-refractivity contribution in [2.45, 2.75) is 19.3 Å². The molecule has 4 N–H and O–H groups in total. The molecular formula is C16H15NO5. The van der Waals surface area contributed by atoms with Gasteiger partial charge in [0, 0.05) is 6.42 Å². The van der Waals surface area contributed by atoms with Crippen LogP contribution >= 0.6 is 0 Å². The van der Waals surface area contributed by atoms with Gasteiger partial charge in [-0.15, -0.1) is 0 Å². The number of nitrogens with two attached hydrogens (primary N) is 1. The summed E-state index contributed by atoms with van der Waals surface area (Å²) in [5.41, 5.74) is 6.31. The summed E-state index contributed by atoms with van der Waals surface area (Å²) in [6.45, 7) is 0. The van der Waals surface area contributed by atoms with E-state index in [1.165, 1.54) is 6.07 Å². The summed E-state index contributed by atoms with van der Waals surface area (Å²) in [4.78, 5) is 33.8. The van der Waals surface area contributed by atoms with Crippen molar-refractivity contribution in [2.24, 2.45) is 0 Å². The van der Waals surface area contributed by atoms with Gasteiger partial charge in [0.25, 0.3) is 0 Å². The minimum atomic E-state index is -1.34. The fourth-order valence-electron chi connectivity index (χ4n) is 2.57. The van der Waals surface area contributed by atoms with Crippen molar-refractivity contribution < 1.29 is 24.6 Å². The zero-order valence-corrected chi connectivity index (χ0v) is 11.7. The highest BCUT2D eigenvalue weighted by molar-refractivity contribution is 6.05. The van der Waals surface area contributed by atoms with Crippen LogP contribution in [-0.2, 0) is 11.2 Å². The van der Waals surface area contributed by atoms with E-state index in [-0.39, 0.29) is 28.8 Å². The van der Waals surface area contributed by atoms with Crippen molar-refractivity contribution in [1.82, 2.24) is 0 Å². The van der Waals surface area contributed by atoms with Crippen molar-refractivity contribution in [3.8, 4) is 0 Å². The Morgan fingerprint density at radius 1 is 1.27 bits per heavy atom. The van der Waals surface area contributed by atoms with Gasteiger partial charge in [0.1, 0.15) is 6.29 Å². The third-order valence-electron chi connectivity index (χ3n) is 3.57. The van der Waals surface area contributed by atoms with Gasteiger partial charge in [0.05, 0.1) is 16.8 Å². The maximum atomic E-state index is 11.5. The second-order valence-corrected chi connectivity index (χ2v) is 4.88. The van der Waals surface area contributed by atoms with Gasteiger partial charge < -0.3 is 20.7 Å². The standard InChI is InChI=1S/C16H15NO5/c17-14-12(15(19)20)8-11(9-4-2-1-3-5-9)10(6-7-18)13(14)16(21)22/h1-2,4,7-8H,3,5-6,17H2,(H,19,20)(H,21,22). The molecule has 0 saturated heterocycles. The normalized spacial score (nSPS) is 13.5. The molecule has 1 aromatic carbocycles. The molecule has 0 aromatic heterocycles. The smallest absolute Gasteiger partial charge is 0.338 e. The van der Waals surface area contributed by atoms with E-state index in [0.717, 1.165) is 12.0 Å². The van der Waals surface area contributed by atoms with Crippen LogP contribution in [0.15, 0.2) is 24.3 Å². The molecule has 2 rings (SSSR count). The summed E-state index contributed by atoms with van der Waals surface area (Å²) in [6.07, 6.45) is 7.43. The Kier molecular flexibility index (Phi) is 4.41. The molecule has 0 radical (unpaired) electrons. The third kappa shape index (κ3) is 2.76. The van der Waals surface area contributed by atoms with Crippen molar-refractivity contribution in [3.05, 3.63) is 46.5 Å². The van der Waals surface area contributed by atoms with Crippen molar-refractivity contribution >= 4 is 29.5 Å². The number of allylic oxidation sites excluding steroid dienone is 4. The van der Waals surface area contributed by atoms with Crippen LogP contribution in [0.3, 0.4) is 0 Å².